The molecule has 2 radical (unpaired) electrons. The van der Waals surface area contributed by atoms with E-state index in [4.69, 9.17) is 3.25 Å². The van der Waals surface area contributed by atoms with Crippen LogP contribution in [-0.4, -0.2) is 50.4 Å². The molecule has 0 aromatic carbocycles. The van der Waals surface area contributed by atoms with E-state index in [1.165, 1.54) is 0 Å². The van der Waals surface area contributed by atoms with Gasteiger partial charge in [0.15, 0.2) is 0 Å². The number of rotatable bonds is 0. The SMILES string of the molecule is [MgH2].[O]=[Nb].[PbH2]. The Morgan fingerprint density at radius 2 is 1.25 bits per heavy atom. The van der Waals surface area contributed by atoms with Gasteiger partial charge in [-0.2, -0.15) is 0 Å². The average Bonchev–Trinajstić information content (AvgIpc) is 1.00. The topological polar surface area (TPSA) is 17.1 Å². The molecule has 4 heavy (non-hydrogen) atoms. The van der Waals surface area contributed by atoms with Crippen molar-refractivity contribution in [2.75, 3.05) is 0 Å². The van der Waals surface area contributed by atoms with Gasteiger partial charge in [0.05, 0.1) is 0 Å². The molecule has 0 aromatic rings. The van der Waals surface area contributed by atoms with E-state index in [0.29, 0.717) is 21.0 Å². The monoisotopic (exact) mass is 345 g/mol. The average molecular weight is 344 g/mol. The molecule has 0 atom stereocenters. The van der Waals surface area contributed by atoms with Crippen LogP contribution < -0.4 is 0 Å². The maximum absolute atomic E-state index is 8.30. The van der Waals surface area contributed by atoms with Gasteiger partial charge in [0.2, 0.25) is 0 Å². The first-order valence-corrected chi connectivity index (χ1v) is 1.08. The van der Waals surface area contributed by atoms with Crippen LogP contribution in [0.2, 0.25) is 0 Å². The van der Waals surface area contributed by atoms with Crippen molar-refractivity contribution >= 4 is 50.4 Å². The van der Waals surface area contributed by atoms with Crippen molar-refractivity contribution in [2.45, 2.75) is 0 Å². The summed E-state index contributed by atoms with van der Waals surface area (Å²) in [5.41, 5.74) is 0. The summed E-state index contributed by atoms with van der Waals surface area (Å²) in [6.07, 6.45) is 0. The molecule has 0 unspecified atom stereocenters. The summed E-state index contributed by atoms with van der Waals surface area (Å²) in [6.45, 7) is 0. The summed E-state index contributed by atoms with van der Waals surface area (Å²) < 4.78 is 8.30. The van der Waals surface area contributed by atoms with Gasteiger partial charge in [-0.05, 0) is 0 Å². The van der Waals surface area contributed by atoms with Crippen LogP contribution >= 0.6 is 0 Å². The van der Waals surface area contributed by atoms with Crippen LogP contribution in [0.15, 0.2) is 0 Å². The second-order valence-electron chi connectivity index (χ2n) is 0. The number of hydrogen-bond acceptors (Lipinski definition) is 1. The predicted molar refractivity (Wildman–Crippen MR) is 17.8 cm³/mol. The Bertz CT molecular complexity index is 8.00. The molecule has 0 fully saturated rings. The molecule has 0 heterocycles. The first-order valence-electron chi connectivity index (χ1n) is 0.183. The Morgan fingerprint density at radius 1 is 1.25 bits per heavy atom. The van der Waals surface area contributed by atoms with Gasteiger partial charge in [-0.1, -0.05) is 0 Å². The molecule has 0 bridgehead atoms. The molecule has 0 spiro atoms. The van der Waals surface area contributed by atoms with E-state index in [9.17, 15) is 0 Å². The molecule has 0 saturated heterocycles. The van der Waals surface area contributed by atoms with Crippen molar-refractivity contribution < 1.29 is 24.3 Å². The molecule has 21 valence electrons. The standard InChI is InChI=1S/Mg.Nb.O.Pb.4H. The molecule has 0 aromatic heterocycles. The summed E-state index contributed by atoms with van der Waals surface area (Å²) in [4.78, 5) is 0. The van der Waals surface area contributed by atoms with Crippen LogP contribution in [0, 0.1) is 0 Å². The normalized spacial score (nSPS) is 0.750. The molecule has 4 heteroatoms. The van der Waals surface area contributed by atoms with E-state index in [0.717, 1.165) is 0 Å². The van der Waals surface area contributed by atoms with Crippen LogP contribution in [-0.2, 0) is 24.3 Å². The van der Waals surface area contributed by atoms with E-state index < -0.39 is 0 Å². The summed E-state index contributed by atoms with van der Waals surface area (Å²) in [5, 5.41) is 0. The zero-order valence-electron chi connectivity index (χ0n) is 1.56. The Hall–Kier alpha value is 2.23. The van der Waals surface area contributed by atoms with Gasteiger partial charge in [-0.25, -0.2) is 0 Å². The van der Waals surface area contributed by atoms with Gasteiger partial charge in [-0.3, -0.25) is 0 Å². The van der Waals surface area contributed by atoms with Crippen molar-refractivity contribution in [1.82, 2.24) is 0 Å². The molecular weight excluding hydrogens is 340 g/mol. The van der Waals surface area contributed by atoms with Gasteiger partial charge in [-0.15, -0.1) is 0 Å². The Labute approximate surface area is 73.5 Å². The Balaban J connectivity index is -0.00000000500. The van der Waals surface area contributed by atoms with Crippen molar-refractivity contribution in [1.29, 1.82) is 0 Å². The van der Waals surface area contributed by atoms with Crippen LogP contribution in [0.4, 0.5) is 0 Å². The summed E-state index contributed by atoms with van der Waals surface area (Å²) in [5.74, 6) is 0. The summed E-state index contributed by atoms with van der Waals surface area (Å²) in [6, 6.07) is 0. The van der Waals surface area contributed by atoms with Gasteiger partial charge in [0, 0.05) is 0 Å². The third-order valence-corrected chi connectivity index (χ3v) is 0. The van der Waals surface area contributed by atoms with Crippen molar-refractivity contribution in [3.05, 3.63) is 0 Å². The zero-order chi connectivity index (χ0) is 2.00. The van der Waals surface area contributed by atoms with E-state index in [1.807, 2.05) is 0 Å². The zero-order valence-corrected chi connectivity index (χ0v) is 9.26. The van der Waals surface area contributed by atoms with Gasteiger partial charge >= 0.3 is 74.6 Å². The van der Waals surface area contributed by atoms with Gasteiger partial charge in [0.25, 0.3) is 0 Å². The maximum atomic E-state index is 8.30. The second kappa shape index (κ2) is 18.8. The van der Waals surface area contributed by atoms with Gasteiger partial charge < -0.3 is 0 Å². The predicted octanol–water partition coefficient (Wildman–Crippen LogP) is -1.95. The van der Waals surface area contributed by atoms with E-state index >= 15 is 0 Å². The van der Waals surface area contributed by atoms with E-state index in [-0.39, 0.29) is 50.4 Å². The van der Waals surface area contributed by atoms with Crippen LogP contribution in [0.3, 0.4) is 0 Å². The number of hydrogen-bond donors (Lipinski definition) is 0. The molecule has 0 saturated carbocycles. The van der Waals surface area contributed by atoms with Crippen molar-refractivity contribution in [3.8, 4) is 0 Å². The van der Waals surface area contributed by atoms with Crippen molar-refractivity contribution in [3.63, 3.8) is 0 Å². The first kappa shape index (κ1) is 16.3. The minimum absolute atomic E-state index is 0. The molecule has 0 amide bonds. The third kappa shape index (κ3) is 8.87. The first-order chi connectivity index (χ1) is 1.00. The van der Waals surface area contributed by atoms with Crippen molar-refractivity contribution in [2.24, 2.45) is 0 Å². The Morgan fingerprint density at radius 3 is 1.25 bits per heavy atom. The quantitative estimate of drug-likeness (QED) is 0.467. The van der Waals surface area contributed by atoms with E-state index in [2.05, 4.69) is 0 Å². The fourth-order valence-corrected chi connectivity index (χ4v) is 0. The molecular formula is H4MgNbOPb. The van der Waals surface area contributed by atoms with Crippen LogP contribution in [0.1, 0.15) is 0 Å². The molecule has 1 nitrogen and oxygen atoms in total. The molecule has 0 N–H and O–H groups in total. The second-order valence-corrected chi connectivity index (χ2v) is 0. The molecule has 0 aliphatic heterocycles. The molecule has 0 aliphatic carbocycles. The summed E-state index contributed by atoms with van der Waals surface area (Å²) >= 11 is 0.500. The fourth-order valence-electron chi connectivity index (χ4n) is 0. The molecule has 0 aliphatic rings. The fraction of sp³-hybridized carbons (Fsp3) is 0. The van der Waals surface area contributed by atoms with E-state index in [1.54, 1.807) is 0 Å². The molecule has 0 rings (SSSR count). The third-order valence-electron chi connectivity index (χ3n) is 0. The van der Waals surface area contributed by atoms with Gasteiger partial charge in [0.1, 0.15) is 0 Å². The van der Waals surface area contributed by atoms with Crippen LogP contribution in [0.25, 0.3) is 0 Å². The minimum atomic E-state index is 0. The Kier molecular flexibility index (Phi) is 76.9. The van der Waals surface area contributed by atoms with Crippen LogP contribution in [0.5, 0.6) is 0 Å². The summed E-state index contributed by atoms with van der Waals surface area (Å²) in [7, 11) is 0.